The minimum absolute atomic E-state index is 0.149. The number of rotatable bonds is 4. The topological polar surface area (TPSA) is 36.4 Å². The predicted octanol–water partition coefficient (Wildman–Crippen LogP) is 4.35. The molecule has 1 aromatic heterocycles. The largest absolute Gasteiger partial charge is 0.368 e. The Labute approximate surface area is 168 Å². The Bertz CT molecular complexity index is 903. The summed E-state index contributed by atoms with van der Waals surface area (Å²) in [5.74, 6) is 0.149. The molecule has 1 fully saturated rings. The van der Waals surface area contributed by atoms with Crippen LogP contribution in [0.1, 0.15) is 5.69 Å². The first-order chi connectivity index (χ1) is 13.2. The molecule has 27 heavy (non-hydrogen) atoms. The van der Waals surface area contributed by atoms with E-state index >= 15 is 0 Å². The van der Waals surface area contributed by atoms with E-state index in [0.717, 1.165) is 42.4 Å². The summed E-state index contributed by atoms with van der Waals surface area (Å²) in [7, 11) is 0. The maximum absolute atomic E-state index is 12.7. The van der Waals surface area contributed by atoms with Crippen molar-refractivity contribution in [1.82, 2.24) is 9.88 Å². The highest BCUT2D eigenvalue weighted by molar-refractivity contribution is 7.13. The quantitative estimate of drug-likeness (QED) is 0.656. The molecule has 0 N–H and O–H groups in total. The summed E-state index contributed by atoms with van der Waals surface area (Å²) in [4.78, 5) is 21.6. The highest BCUT2D eigenvalue weighted by Crippen LogP contribution is 2.25. The van der Waals surface area contributed by atoms with E-state index in [0.29, 0.717) is 11.4 Å². The number of carbonyl (C=O) groups is 1. The van der Waals surface area contributed by atoms with E-state index in [1.54, 1.807) is 11.3 Å². The van der Waals surface area contributed by atoms with Crippen molar-refractivity contribution in [2.45, 2.75) is 6.42 Å². The van der Waals surface area contributed by atoms with Crippen LogP contribution in [0.2, 0.25) is 5.02 Å². The maximum atomic E-state index is 12.7. The highest BCUT2D eigenvalue weighted by atomic mass is 35.5. The Hall–Kier alpha value is -2.37. The fourth-order valence-electron chi connectivity index (χ4n) is 3.23. The van der Waals surface area contributed by atoms with Crippen molar-refractivity contribution in [2.75, 3.05) is 31.1 Å². The number of halogens is 1. The fraction of sp³-hybridized carbons (Fsp3) is 0.238. The van der Waals surface area contributed by atoms with Gasteiger partial charge in [0, 0.05) is 47.8 Å². The van der Waals surface area contributed by atoms with Crippen molar-refractivity contribution < 1.29 is 4.79 Å². The second-order valence-electron chi connectivity index (χ2n) is 6.53. The number of amides is 1. The number of para-hydroxylation sites is 1. The van der Waals surface area contributed by atoms with Crippen LogP contribution in [0.5, 0.6) is 0 Å². The van der Waals surface area contributed by atoms with Crippen LogP contribution < -0.4 is 4.90 Å². The summed E-state index contributed by atoms with van der Waals surface area (Å²) in [6.07, 6.45) is 0.357. The lowest BCUT2D eigenvalue weighted by Crippen LogP contribution is -2.49. The number of benzene rings is 2. The smallest absolute Gasteiger partial charge is 0.228 e. The molecule has 1 aliphatic rings. The molecule has 2 heterocycles. The third kappa shape index (κ3) is 4.31. The van der Waals surface area contributed by atoms with Gasteiger partial charge in [-0.2, -0.15) is 0 Å². The summed E-state index contributed by atoms with van der Waals surface area (Å²) in [5, 5.41) is 3.60. The predicted molar refractivity (Wildman–Crippen MR) is 111 cm³/mol. The zero-order chi connectivity index (χ0) is 18.6. The molecule has 4 nitrogen and oxygen atoms in total. The molecule has 6 heteroatoms. The standard InChI is InChI=1S/C21H20ClN3OS/c22-17-8-6-16(7-9-17)21-23-18(15-27-21)14-20(26)25-12-10-24(11-13-25)19-4-2-1-3-5-19/h1-9,15H,10-14H2. The van der Waals surface area contributed by atoms with Crippen LogP contribution in [0.4, 0.5) is 5.69 Å². The van der Waals surface area contributed by atoms with E-state index in [1.807, 2.05) is 52.7 Å². The van der Waals surface area contributed by atoms with E-state index in [2.05, 4.69) is 22.0 Å². The van der Waals surface area contributed by atoms with Crippen LogP contribution in [0.15, 0.2) is 60.0 Å². The Morgan fingerprint density at radius 1 is 1.00 bits per heavy atom. The maximum Gasteiger partial charge on any atom is 0.228 e. The SMILES string of the molecule is O=C(Cc1csc(-c2ccc(Cl)cc2)n1)N1CCN(c2ccccc2)CC1. The molecule has 0 radical (unpaired) electrons. The lowest BCUT2D eigenvalue weighted by molar-refractivity contribution is -0.130. The second kappa shape index (κ2) is 8.11. The fourth-order valence-corrected chi connectivity index (χ4v) is 4.18. The summed E-state index contributed by atoms with van der Waals surface area (Å²) in [6.45, 7) is 3.23. The second-order valence-corrected chi connectivity index (χ2v) is 7.83. The average Bonchev–Trinajstić information content (AvgIpc) is 3.18. The lowest BCUT2D eigenvalue weighted by atomic mass is 10.2. The first kappa shape index (κ1) is 18.0. The lowest BCUT2D eigenvalue weighted by Gasteiger charge is -2.36. The number of piperazine rings is 1. The number of hydrogen-bond acceptors (Lipinski definition) is 4. The molecule has 0 bridgehead atoms. The Morgan fingerprint density at radius 2 is 1.70 bits per heavy atom. The Kier molecular flexibility index (Phi) is 5.41. The highest BCUT2D eigenvalue weighted by Gasteiger charge is 2.22. The van der Waals surface area contributed by atoms with E-state index < -0.39 is 0 Å². The summed E-state index contributed by atoms with van der Waals surface area (Å²) in [6, 6.07) is 18.0. The van der Waals surface area contributed by atoms with Crippen molar-refractivity contribution in [3.8, 4) is 10.6 Å². The third-order valence-corrected chi connectivity index (χ3v) is 5.92. The van der Waals surface area contributed by atoms with Crippen molar-refractivity contribution >= 4 is 34.5 Å². The normalized spacial score (nSPS) is 14.4. The van der Waals surface area contributed by atoms with Crippen LogP contribution >= 0.6 is 22.9 Å². The van der Waals surface area contributed by atoms with Crippen LogP contribution in [0.3, 0.4) is 0 Å². The van der Waals surface area contributed by atoms with Crippen LogP contribution in [0, 0.1) is 0 Å². The van der Waals surface area contributed by atoms with Crippen molar-refractivity contribution in [3.63, 3.8) is 0 Å². The molecular formula is C21H20ClN3OS. The zero-order valence-corrected chi connectivity index (χ0v) is 16.4. The van der Waals surface area contributed by atoms with Gasteiger partial charge in [-0.3, -0.25) is 4.79 Å². The molecule has 0 saturated carbocycles. The van der Waals surface area contributed by atoms with Crippen molar-refractivity contribution in [3.05, 3.63) is 70.7 Å². The molecular weight excluding hydrogens is 378 g/mol. The number of thiazole rings is 1. The number of carbonyl (C=O) groups excluding carboxylic acids is 1. The summed E-state index contributed by atoms with van der Waals surface area (Å²) < 4.78 is 0. The molecule has 4 rings (SSSR count). The molecule has 0 spiro atoms. The van der Waals surface area contributed by atoms with E-state index in [1.165, 1.54) is 5.69 Å². The molecule has 138 valence electrons. The van der Waals surface area contributed by atoms with Gasteiger partial charge in [-0.25, -0.2) is 4.98 Å². The minimum atomic E-state index is 0.149. The first-order valence-electron chi connectivity index (χ1n) is 8.97. The summed E-state index contributed by atoms with van der Waals surface area (Å²) in [5.41, 5.74) is 3.08. The van der Waals surface area contributed by atoms with Gasteiger partial charge in [-0.15, -0.1) is 11.3 Å². The van der Waals surface area contributed by atoms with Gasteiger partial charge in [0.15, 0.2) is 0 Å². The van der Waals surface area contributed by atoms with E-state index in [4.69, 9.17) is 11.6 Å². The molecule has 1 aliphatic heterocycles. The van der Waals surface area contributed by atoms with Crippen molar-refractivity contribution in [2.24, 2.45) is 0 Å². The van der Waals surface area contributed by atoms with E-state index in [-0.39, 0.29) is 5.91 Å². The van der Waals surface area contributed by atoms with Gasteiger partial charge < -0.3 is 9.80 Å². The van der Waals surface area contributed by atoms with Crippen LogP contribution in [0.25, 0.3) is 10.6 Å². The van der Waals surface area contributed by atoms with Gasteiger partial charge in [-0.1, -0.05) is 41.9 Å². The monoisotopic (exact) mass is 397 g/mol. The molecule has 0 aliphatic carbocycles. The third-order valence-electron chi connectivity index (χ3n) is 4.73. The van der Waals surface area contributed by atoms with Gasteiger partial charge in [0.25, 0.3) is 0 Å². The number of aromatic nitrogens is 1. The molecule has 0 atom stereocenters. The molecule has 2 aromatic carbocycles. The molecule has 1 saturated heterocycles. The van der Waals surface area contributed by atoms with Gasteiger partial charge in [-0.05, 0) is 24.3 Å². The van der Waals surface area contributed by atoms with Gasteiger partial charge in [0.05, 0.1) is 12.1 Å². The first-order valence-corrected chi connectivity index (χ1v) is 10.2. The Balaban J connectivity index is 1.34. The minimum Gasteiger partial charge on any atom is -0.368 e. The number of hydrogen-bond donors (Lipinski definition) is 0. The van der Waals surface area contributed by atoms with E-state index in [9.17, 15) is 4.79 Å². The average molecular weight is 398 g/mol. The molecule has 3 aromatic rings. The van der Waals surface area contributed by atoms with Gasteiger partial charge in [0.2, 0.25) is 5.91 Å². The summed E-state index contributed by atoms with van der Waals surface area (Å²) >= 11 is 7.50. The zero-order valence-electron chi connectivity index (χ0n) is 14.8. The number of anilines is 1. The van der Waals surface area contributed by atoms with Gasteiger partial charge in [0.1, 0.15) is 5.01 Å². The van der Waals surface area contributed by atoms with Gasteiger partial charge >= 0.3 is 0 Å². The van der Waals surface area contributed by atoms with Crippen LogP contribution in [-0.4, -0.2) is 42.0 Å². The van der Waals surface area contributed by atoms with Crippen LogP contribution in [-0.2, 0) is 11.2 Å². The molecule has 0 unspecified atom stereocenters. The number of nitrogens with zero attached hydrogens (tertiary/aromatic N) is 3. The Morgan fingerprint density at radius 3 is 2.41 bits per heavy atom. The van der Waals surface area contributed by atoms with Crippen molar-refractivity contribution in [1.29, 1.82) is 0 Å². The molecule has 1 amide bonds.